The van der Waals surface area contributed by atoms with Crippen molar-refractivity contribution in [1.82, 2.24) is 15.2 Å². The van der Waals surface area contributed by atoms with Gasteiger partial charge in [0.25, 0.3) is 0 Å². The highest BCUT2D eigenvalue weighted by Crippen LogP contribution is 2.40. The van der Waals surface area contributed by atoms with E-state index in [1.807, 2.05) is 6.07 Å². The third-order valence-electron chi connectivity index (χ3n) is 3.79. The number of anilines is 4. The maximum Gasteiger partial charge on any atom is 0.249 e. The molecule has 0 aliphatic rings. The maximum atomic E-state index is 9.20. The summed E-state index contributed by atoms with van der Waals surface area (Å²) in [7, 11) is 4.61. The summed E-state index contributed by atoms with van der Waals surface area (Å²) < 4.78 is 16.0. The van der Waals surface area contributed by atoms with Gasteiger partial charge < -0.3 is 24.8 Å². The van der Waals surface area contributed by atoms with Crippen LogP contribution in [0.4, 0.5) is 23.1 Å². The van der Waals surface area contributed by atoms with E-state index >= 15 is 0 Å². The Hall–Kier alpha value is -4.06. The fraction of sp³-hybridized carbons (Fsp3) is 0.158. The van der Waals surface area contributed by atoms with Crippen molar-refractivity contribution in [2.24, 2.45) is 0 Å². The van der Waals surface area contributed by atoms with E-state index in [0.29, 0.717) is 40.0 Å². The lowest BCUT2D eigenvalue weighted by molar-refractivity contribution is 0.324. The van der Waals surface area contributed by atoms with Crippen molar-refractivity contribution < 1.29 is 14.2 Å². The number of methoxy groups -OCH3 is 3. The first-order valence-corrected chi connectivity index (χ1v) is 8.21. The summed E-state index contributed by atoms with van der Waals surface area (Å²) >= 11 is 0. The third-order valence-corrected chi connectivity index (χ3v) is 3.79. The van der Waals surface area contributed by atoms with Crippen molar-refractivity contribution in [2.45, 2.75) is 0 Å². The second-order valence-corrected chi connectivity index (χ2v) is 5.49. The molecule has 2 N–H and O–H groups in total. The van der Waals surface area contributed by atoms with Crippen molar-refractivity contribution in [3.63, 3.8) is 0 Å². The molecule has 9 heteroatoms. The topological polar surface area (TPSA) is 114 Å². The van der Waals surface area contributed by atoms with Crippen LogP contribution in [0.3, 0.4) is 0 Å². The van der Waals surface area contributed by atoms with E-state index in [2.05, 4.69) is 31.9 Å². The van der Waals surface area contributed by atoms with Crippen LogP contribution in [-0.4, -0.2) is 36.5 Å². The maximum absolute atomic E-state index is 9.20. The van der Waals surface area contributed by atoms with Gasteiger partial charge >= 0.3 is 0 Å². The number of rotatable bonds is 7. The Balaban J connectivity index is 1.86. The highest BCUT2D eigenvalue weighted by Gasteiger charge is 2.14. The van der Waals surface area contributed by atoms with Gasteiger partial charge in [-0.2, -0.15) is 15.3 Å². The SMILES string of the molecule is COc1cc(Nc2nncc(Nc3ccccc3C#N)n2)cc(OC)c1OC. The Bertz CT molecular complexity index is 994. The van der Waals surface area contributed by atoms with Gasteiger partial charge in [0.2, 0.25) is 11.7 Å². The van der Waals surface area contributed by atoms with E-state index < -0.39 is 0 Å². The first kappa shape index (κ1) is 18.7. The molecule has 0 atom stereocenters. The molecule has 0 saturated heterocycles. The van der Waals surface area contributed by atoms with E-state index in [9.17, 15) is 5.26 Å². The number of nitrogens with zero attached hydrogens (tertiary/aromatic N) is 4. The van der Waals surface area contributed by atoms with Gasteiger partial charge in [-0.3, -0.25) is 0 Å². The van der Waals surface area contributed by atoms with E-state index in [4.69, 9.17) is 14.2 Å². The molecule has 1 aromatic heterocycles. The Morgan fingerprint density at radius 3 is 2.32 bits per heavy atom. The van der Waals surface area contributed by atoms with Crippen LogP contribution in [0.1, 0.15) is 5.56 Å². The minimum Gasteiger partial charge on any atom is -0.493 e. The number of hydrogen-bond acceptors (Lipinski definition) is 9. The molecule has 1 heterocycles. The Labute approximate surface area is 161 Å². The van der Waals surface area contributed by atoms with Crippen molar-refractivity contribution in [3.8, 4) is 23.3 Å². The zero-order chi connectivity index (χ0) is 19.9. The summed E-state index contributed by atoms with van der Waals surface area (Å²) in [6.45, 7) is 0. The highest BCUT2D eigenvalue weighted by atomic mass is 16.5. The molecule has 0 amide bonds. The summed E-state index contributed by atoms with van der Waals surface area (Å²) in [5.74, 6) is 2.17. The molecule has 0 radical (unpaired) electrons. The normalized spacial score (nSPS) is 9.93. The molecule has 0 saturated carbocycles. The Kier molecular flexibility index (Phi) is 5.72. The van der Waals surface area contributed by atoms with Gasteiger partial charge in [0.05, 0.1) is 38.8 Å². The first-order chi connectivity index (χ1) is 13.7. The van der Waals surface area contributed by atoms with Crippen LogP contribution in [0.25, 0.3) is 0 Å². The summed E-state index contributed by atoms with van der Waals surface area (Å²) in [6.07, 6.45) is 1.47. The standard InChI is InChI=1S/C19H18N6O3/c1-26-15-8-13(9-16(27-2)18(15)28-3)22-19-24-17(11-21-25-19)23-14-7-5-4-6-12(14)10-20/h4-9,11H,1-3H3,(H2,22,23,24,25). The Morgan fingerprint density at radius 1 is 0.964 bits per heavy atom. The van der Waals surface area contributed by atoms with Crippen molar-refractivity contribution in [2.75, 3.05) is 32.0 Å². The van der Waals surface area contributed by atoms with Gasteiger partial charge in [-0.05, 0) is 12.1 Å². The average Bonchev–Trinajstić information content (AvgIpc) is 2.73. The van der Waals surface area contributed by atoms with E-state index in [0.717, 1.165) is 0 Å². The molecule has 142 valence electrons. The lowest BCUT2D eigenvalue weighted by atomic mass is 10.2. The van der Waals surface area contributed by atoms with Gasteiger partial charge in [0.15, 0.2) is 17.3 Å². The van der Waals surface area contributed by atoms with E-state index in [-0.39, 0.29) is 5.95 Å². The van der Waals surface area contributed by atoms with Gasteiger partial charge in [0.1, 0.15) is 6.07 Å². The molecule has 3 aromatic rings. The number of nitrogens with one attached hydrogen (secondary N) is 2. The zero-order valence-corrected chi connectivity index (χ0v) is 15.6. The monoisotopic (exact) mass is 378 g/mol. The number of ether oxygens (including phenoxy) is 3. The van der Waals surface area contributed by atoms with Crippen LogP contribution in [-0.2, 0) is 0 Å². The highest BCUT2D eigenvalue weighted by molar-refractivity contribution is 5.67. The van der Waals surface area contributed by atoms with Crippen molar-refractivity contribution in [1.29, 1.82) is 5.26 Å². The second kappa shape index (κ2) is 8.55. The van der Waals surface area contributed by atoms with Crippen LogP contribution < -0.4 is 24.8 Å². The van der Waals surface area contributed by atoms with Crippen LogP contribution in [0, 0.1) is 11.3 Å². The number of nitriles is 1. The van der Waals surface area contributed by atoms with Gasteiger partial charge in [-0.15, -0.1) is 5.10 Å². The van der Waals surface area contributed by atoms with Crippen LogP contribution in [0.2, 0.25) is 0 Å². The number of para-hydroxylation sites is 1. The van der Waals surface area contributed by atoms with Crippen molar-refractivity contribution in [3.05, 3.63) is 48.2 Å². The summed E-state index contributed by atoms with van der Waals surface area (Å²) in [6, 6.07) is 12.7. The molecular formula is C19H18N6O3. The smallest absolute Gasteiger partial charge is 0.249 e. The molecule has 0 aliphatic heterocycles. The number of benzene rings is 2. The summed E-state index contributed by atoms with van der Waals surface area (Å²) in [5, 5.41) is 23.3. The zero-order valence-electron chi connectivity index (χ0n) is 15.6. The lowest BCUT2D eigenvalue weighted by Crippen LogP contribution is -2.04. The third kappa shape index (κ3) is 4.02. The molecule has 28 heavy (non-hydrogen) atoms. The predicted molar refractivity (Wildman–Crippen MR) is 104 cm³/mol. The minimum atomic E-state index is 0.258. The Morgan fingerprint density at radius 2 is 1.68 bits per heavy atom. The lowest BCUT2D eigenvalue weighted by Gasteiger charge is -2.14. The molecular weight excluding hydrogens is 360 g/mol. The second-order valence-electron chi connectivity index (χ2n) is 5.49. The van der Waals surface area contributed by atoms with Gasteiger partial charge in [-0.25, -0.2) is 0 Å². The fourth-order valence-electron chi connectivity index (χ4n) is 2.53. The van der Waals surface area contributed by atoms with E-state index in [1.165, 1.54) is 27.5 Å². The molecule has 0 spiro atoms. The number of hydrogen-bond donors (Lipinski definition) is 2. The predicted octanol–water partition coefficient (Wildman–Crippen LogP) is 3.26. The number of aromatic nitrogens is 3. The fourth-order valence-corrected chi connectivity index (χ4v) is 2.53. The van der Waals surface area contributed by atoms with Crippen LogP contribution in [0.15, 0.2) is 42.6 Å². The van der Waals surface area contributed by atoms with Gasteiger partial charge in [0, 0.05) is 17.8 Å². The van der Waals surface area contributed by atoms with Gasteiger partial charge in [-0.1, -0.05) is 12.1 Å². The first-order valence-electron chi connectivity index (χ1n) is 8.21. The molecule has 0 unspecified atom stereocenters. The summed E-state index contributed by atoms with van der Waals surface area (Å²) in [5.41, 5.74) is 1.76. The molecule has 9 nitrogen and oxygen atoms in total. The minimum absolute atomic E-state index is 0.258. The molecule has 0 bridgehead atoms. The van der Waals surface area contributed by atoms with E-state index in [1.54, 1.807) is 30.3 Å². The molecule has 3 rings (SSSR count). The molecule has 0 fully saturated rings. The van der Waals surface area contributed by atoms with Crippen LogP contribution >= 0.6 is 0 Å². The summed E-state index contributed by atoms with van der Waals surface area (Å²) in [4.78, 5) is 4.37. The average molecular weight is 378 g/mol. The quantitative estimate of drug-likeness (QED) is 0.639. The molecule has 2 aromatic carbocycles. The van der Waals surface area contributed by atoms with Crippen molar-refractivity contribution >= 4 is 23.1 Å². The van der Waals surface area contributed by atoms with Crippen LogP contribution in [0.5, 0.6) is 17.2 Å². The molecule has 0 aliphatic carbocycles. The largest absolute Gasteiger partial charge is 0.493 e.